The van der Waals surface area contributed by atoms with Crippen LogP contribution in [-0.4, -0.2) is 30.6 Å². The number of carbonyl (C=O) groups is 1. The third-order valence-corrected chi connectivity index (χ3v) is 3.40. The summed E-state index contributed by atoms with van der Waals surface area (Å²) in [7, 11) is 0. The lowest BCUT2D eigenvalue weighted by molar-refractivity contribution is -0.129. The van der Waals surface area contributed by atoms with Gasteiger partial charge in [-0.05, 0) is 31.4 Å². The largest absolute Gasteiger partial charge is 0.353 e. The molecule has 1 heterocycles. The average Bonchev–Trinajstić information content (AvgIpc) is 2.29. The number of anilines is 1. The maximum atomic E-state index is 11.4. The second-order valence-corrected chi connectivity index (χ2v) is 4.78. The summed E-state index contributed by atoms with van der Waals surface area (Å²) in [5.41, 5.74) is 3.87. The van der Waals surface area contributed by atoms with E-state index in [2.05, 4.69) is 36.9 Å². The zero-order valence-electron chi connectivity index (χ0n) is 10.9. The van der Waals surface area contributed by atoms with Crippen LogP contribution in [0.1, 0.15) is 24.5 Å². The van der Waals surface area contributed by atoms with Gasteiger partial charge in [-0.25, -0.2) is 0 Å². The molecule has 1 aliphatic heterocycles. The van der Waals surface area contributed by atoms with Gasteiger partial charge < -0.3 is 9.80 Å². The van der Waals surface area contributed by atoms with Crippen molar-refractivity contribution in [1.29, 1.82) is 0 Å². The summed E-state index contributed by atoms with van der Waals surface area (Å²) < 4.78 is 0. The summed E-state index contributed by atoms with van der Waals surface area (Å²) >= 11 is 0. The Balaban J connectivity index is 2.25. The lowest BCUT2D eigenvalue weighted by atomic mass is 10.1. The first kappa shape index (κ1) is 12.0. The van der Waals surface area contributed by atoms with Crippen molar-refractivity contribution in [3.8, 4) is 0 Å². The molecule has 0 aromatic heterocycles. The van der Waals surface area contributed by atoms with Crippen LogP contribution in [0.5, 0.6) is 0 Å². The Morgan fingerprint density at radius 1 is 1.18 bits per heavy atom. The van der Waals surface area contributed by atoms with Crippen molar-refractivity contribution in [3.05, 3.63) is 29.3 Å². The van der Waals surface area contributed by atoms with Crippen molar-refractivity contribution in [1.82, 2.24) is 4.90 Å². The molecule has 17 heavy (non-hydrogen) atoms. The lowest BCUT2D eigenvalue weighted by Crippen LogP contribution is -2.47. The maximum Gasteiger partial charge on any atom is 0.220 e. The zero-order chi connectivity index (χ0) is 12.4. The first-order valence-corrected chi connectivity index (χ1v) is 6.16. The Hall–Kier alpha value is -1.51. The van der Waals surface area contributed by atoms with Gasteiger partial charge in [0, 0.05) is 25.7 Å². The van der Waals surface area contributed by atoms with Crippen molar-refractivity contribution >= 4 is 11.6 Å². The van der Waals surface area contributed by atoms with Gasteiger partial charge in [0.05, 0.1) is 6.67 Å². The summed E-state index contributed by atoms with van der Waals surface area (Å²) in [6.07, 6.45) is 1.05. The van der Waals surface area contributed by atoms with E-state index in [1.54, 1.807) is 6.92 Å². The summed E-state index contributed by atoms with van der Waals surface area (Å²) in [5, 5.41) is 0. The van der Waals surface area contributed by atoms with Gasteiger partial charge in [-0.2, -0.15) is 0 Å². The van der Waals surface area contributed by atoms with Crippen LogP contribution in [-0.2, 0) is 4.79 Å². The second-order valence-electron chi connectivity index (χ2n) is 4.78. The van der Waals surface area contributed by atoms with E-state index in [-0.39, 0.29) is 5.91 Å². The minimum atomic E-state index is 0.168. The van der Waals surface area contributed by atoms with Crippen LogP contribution in [0.4, 0.5) is 5.69 Å². The average molecular weight is 232 g/mol. The number of nitrogens with zero attached hydrogens (tertiary/aromatic N) is 2. The van der Waals surface area contributed by atoms with Crippen LogP contribution >= 0.6 is 0 Å². The van der Waals surface area contributed by atoms with Gasteiger partial charge in [0.25, 0.3) is 0 Å². The third-order valence-electron chi connectivity index (χ3n) is 3.40. The number of rotatable bonds is 1. The van der Waals surface area contributed by atoms with E-state index in [9.17, 15) is 4.79 Å². The fourth-order valence-electron chi connectivity index (χ4n) is 2.54. The molecule has 2 rings (SSSR count). The molecule has 1 saturated heterocycles. The molecular weight excluding hydrogens is 212 g/mol. The Kier molecular flexibility index (Phi) is 3.36. The Bertz CT molecular complexity index is 408. The highest BCUT2D eigenvalue weighted by Crippen LogP contribution is 2.26. The normalized spacial score (nSPS) is 16.2. The minimum absolute atomic E-state index is 0.168. The molecule has 1 aromatic carbocycles. The second kappa shape index (κ2) is 4.78. The Labute approximate surface area is 103 Å². The highest BCUT2D eigenvalue weighted by molar-refractivity contribution is 5.74. The molecule has 0 spiro atoms. The highest BCUT2D eigenvalue weighted by atomic mass is 16.2. The van der Waals surface area contributed by atoms with E-state index in [0.717, 1.165) is 26.2 Å². The molecule has 3 nitrogen and oxygen atoms in total. The zero-order valence-corrected chi connectivity index (χ0v) is 10.9. The van der Waals surface area contributed by atoms with Gasteiger partial charge >= 0.3 is 0 Å². The van der Waals surface area contributed by atoms with E-state index in [1.807, 2.05) is 4.90 Å². The summed E-state index contributed by atoms with van der Waals surface area (Å²) in [5.74, 6) is 0.168. The topological polar surface area (TPSA) is 23.6 Å². The molecule has 0 radical (unpaired) electrons. The van der Waals surface area contributed by atoms with Crippen molar-refractivity contribution < 1.29 is 4.79 Å². The van der Waals surface area contributed by atoms with Gasteiger partial charge in [0.2, 0.25) is 5.91 Å². The van der Waals surface area contributed by atoms with Crippen LogP contribution < -0.4 is 4.90 Å². The molecule has 1 fully saturated rings. The number of hydrogen-bond donors (Lipinski definition) is 0. The molecule has 0 atom stereocenters. The molecule has 0 bridgehead atoms. The van der Waals surface area contributed by atoms with Crippen LogP contribution in [0.15, 0.2) is 18.2 Å². The van der Waals surface area contributed by atoms with Crippen molar-refractivity contribution in [2.45, 2.75) is 27.2 Å². The molecule has 1 amide bonds. The predicted octanol–water partition coefficient (Wildman–Crippen LogP) is 2.32. The molecule has 0 aliphatic carbocycles. The molecule has 1 aromatic rings. The number of amides is 1. The van der Waals surface area contributed by atoms with E-state index >= 15 is 0 Å². The quantitative estimate of drug-likeness (QED) is 0.742. The smallest absolute Gasteiger partial charge is 0.220 e. The van der Waals surface area contributed by atoms with Crippen molar-refractivity contribution in [3.63, 3.8) is 0 Å². The molecule has 92 valence electrons. The molecular formula is C14H20N2O. The fraction of sp³-hybridized carbons (Fsp3) is 0.500. The third kappa shape index (κ3) is 2.43. The fourth-order valence-corrected chi connectivity index (χ4v) is 2.54. The van der Waals surface area contributed by atoms with Crippen LogP contribution in [0.3, 0.4) is 0 Å². The SMILES string of the molecule is CC(=O)N1CCCN(c2c(C)cccc2C)C1. The van der Waals surface area contributed by atoms with E-state index < -0.39 is 0 Å². The molecule has 0 unspecified atom stereocenters. The summed E-state index contributed by atoms with van der Waals surface area (Å²) in [4.78, 5) is 15.7. The standard InChI is InChI=1S/C14H20N2O/c1-11-6-4-7-12(2)14(11)16-9-5-8-15(10-16)13(3)17/h4,6-7H,5,8-10H2,1-3H3. The van der Waals surface area contributed by atoms with Crippen LogP contribution in [0.25, 0.3) is 0 Å². The lowest BCUT2D eigenvalue weighted by Gasteiger charge is -2.38. The van der Waals surface area contributed by atoms with Crippen LogP contribution in [0, 0.1) is 13.8 Å². The van der Waals surface area contributed by atoms with Gasteiger partial charge in [-0.3, -0.25) is 4.79 Å². The summed E-state index contributed by atoms with van der Waals surface area (Å²) in [6.45, 7) is 8.56. The van der Waals surface area contributed by atoms with Crippen molar-refractivity contribution in [2.24, 2.45) is 0 Å². The Morgan fingerprint density at radius 3 is 2.41 bits per heavy atom. The minimum Gasteiger partial charge on any atom is -0.353 e. The first-order valence-electron chi connectivity index (χ1n) is 6.16. The molecule has 1 aliphatic rings. The van der Waals surface area contributed by atoms with Gasteiger partial charge in [0.15, 0.2) is 0 Å². The summed E-state index contributed by atoms with van der Waals surface area (Å²) in [6, 6.07) is 6.35. The predicted molar refractivity (Wildman–Crippen MR) is 70.1 cm³/mol. The number of para-hydroxylation sites is 1. The van der Waals surface area contributed by atoms with E-state index in [0.29, 0.717) is 0 Å². The van der Waals surface area contributed by atoms with E-state index in [4.69, 9.17) is 0 Å². The number of carbonyl (C=O) groups excluding carboxylic acids is 1. The van der Waals surface area contributed by atoms with E-state index in [1.165, 1.54) is 16.8 Å². The first-order chi connectivity index (χ1) is 8.09. The van der Waals surface area contributed by atoms with Crippen LogP contribution in [0.2, 0.25) is 0 Å². The molecule has 3 heteroatoms. The molecule has 0 N–H and O–H groups in total. The Morgan fingerprint density at radius 2 is 1.82 bits per heavy atom. The molecule has 0 saturated carbocycles. The van der Waals surface area contributed by atoms with Gasteiger partial charge in [-0.1, -0.05) is 18.2 Å². The maximum absolute atomic E-state index is 11.4. The highest BCUT2D eigenvalue weighted by Gasteiger charge is 2.21. The monoisotopic (exact) mass is 232 g/mol. The number of aryl methyl sites for hydroxylation is 2. The number of benzene rings is 1. The van der Waals surface area contributed by atoms with Gasteiger partial charge in [-0.15, -0.1) is 0 Å². The van der Waals surface area contributed by atoms with Crippen molar-refractivity contribution in [2.75, 3.05) is 24.7 Å². The van der Waals surface area contributed by atoms with Gasteiger partial charge in [0.1, 0.15) is 0 Å². The number of hydrogen-bond acceptors (Lipinski definition) is 2.